The van der Waals surface area contributed by atoms with E-state index in [1.807, 2.05) is 6.92 Å². The van der Waals surface area contributed by atoms with E-state index in [-0.39, 0.29) is 0 Å². The molecule has 0 spiro atoms. The molecule has 0 radical (unpaired) electrons. The van der Waals surface area contributed by atoms with Gasteiger partial charge in [0.05, 0.1) is 10.7 Å². The number of rotatable bonds is 6. The van der Waals surface area contributed by atoms with Gasteiger partial charge in [-0.25, -0.2) is 5.84 Å². The molecule has 27 heavy (non-hydrogen) atoms. The van der Waals surface area contributed by atoms with Gasteiger partial charge in [-0.1, -0.05) is 48.0 Å². The minimum absolute atomic E-state index is 0.334. The summed E-state index contributed by atoms with van der Waals surface area (Å²) in [5.74, 6) is 6.34. The molecule has 0 saturated heterocycles. The second-order valence-corrected chi connectivity index (χ2v) is 6.57. The molecule has 0 atom stereocenters. The van der Waals surface area contributed by atoms with Gasteiger partial charge in [-0.15, -0.1) is 0 Å². The first kappa shape index (κ1) is 20.6. The van der Waals surface area contributed by atoms with Gasteiger partial charge in [0, 0.05) is 34.2 Å². The van der Waals surface area contributed by atoms with Crippen LogP contribution in [0.3, 0.4) is 0 Å². The Balaban J connectivity index is 2.17. The fraction of sp³-hybridized carbons (Fsp3) is 0.0500. The van der Waals surface area contributed by atoms with E-state index in [0.717, 1.165) is 16.8 Å². The Morgan fingerprint density at radius 3 is 2.63 bits per heavy atom. The first-order chi connectivity index (χ1) is 12.8. The van der Waals surface area contributed by atoms with Crippen LogP contribution in [-0.2, 0) is 0 Å². The van der Waals surface area contributed by atoms with Crippen molar-refractivity contribution < 1.29 is 0 Å². The molecule has 0 aliphatic rings. The van der Waals surface area contributed by atoms with Crippen molar-refractivity contribution in [1.82, 2.24) is 4.98 Å². The van der Waals surface area contributed by atoms with Gasteiger partial charge >= 0.3 is 0 Å². The summed E-state index contributed by atoms with van der Waals surface area (Å²) in [6.07, 6.45) is 8.23. The lowest BCUT2D eigenvalue weighted by atomic mass is 9.98. The van der Waals surface area contributed by atoms with Crippen molar-refractivity contribution in [2.45, 2.75) is 6.92 Å². The number of allylic oxidation sites excluding steroid dienone is 5. The number of pyridine rings is 1. The molecule has 7 heteroatoms. The van der Waals surface area contributed by atoms with Crippen molar-refractivity contribution in [2.24, 2.45) is 17.3 Å². The summed E-state index contributed by atoms with van der Waals surface area (Å²) in [6.45, 7) is 5.92. The molecule has 0 bridgehead atoms. The van der Waals surface area contributed by atoms with Crippen LogP contribution < -0.4 is 22.3 Å². The van der Waals surface area contributed by atoms with E-state index in [0.29, 0.717) is 27.1 Å². The average molecular weight is 402 g/mol. The standard InChI is InChI=1S/C20H21Cl2N5/c1-13(19(11-23)18-10-16(22)12-26-14(18)2)5-3-8-20(24)27(25)17-7-4-6-15(21)9-17/h3-12H,1,23-25H2,2H3/b5-3-,19-11-,20-8+. The topological polar surface area (TPSA) is 94.2 Å². The van der Waals surface area contributed by atoms with Gasteiger partial charge in [0.2, 0.25) is 0 Å². The largest absolute Gasteiger partial charge is 0.404 e. The van der Waals surface area contributed by atoms with E-state index in [9.17, 15) is 0 Å². The quantitative estimate of drug-likeness (QED) is 0.381. The first-order valence-electron chi connectivity index (χ1n) is 8.01. The molecule has 2 rings (SSSR count). The maximum atomic E-state index is 6.04. The van der Waals surface area contributed by atoms with Crippen LogP contribution >= 0.6 is 23.2 Å². The summed E-state index contributed by atoms with van der Waals surface area (Å²) in [7, 11) is 0. The Bertz CT molecular complexity index is 932. The maximum Gasteiger partial charge on any atom is 0.118 e. The minimum atomic E-state index is 0.334. The van der Waals surface area contributed by atoms with Crippen LogP contribution in [-0.4, -0.2) is 4.98 Å². The number of aromatic nitrogens is 1. The third-order valence-electron chi connectivity index (χ3n) is 3.79. The molecule has 0 amide bonds. The number of nitrogens with zero attached hydrogens (tertiary/aromatic N) is 2. The van der Waals surface area contributed by atoms with Crippen LogP contribution in [0.2, 0.25) is 10.0 Å². The predicted molar refractivity (Wildman–Crippen MR) is 115 cm³/mol. The van der Waals surface area contributed by atoms with Crippen LogP contribution in [0.5, 0.6) is 0 Å². The Labute approximate surface area is 169 Å². The number of aryl methyl sites for hydroxylation is 1. The number of hydrogen-bond acceptors (Lipinski definition) is 5. The average Bonchev–Trinajstić information content (AvgIpc) is 2.64. The second-order valence-electron chi connectivity index (χ2n) is 5.69. The Hall–Kier alpha value is -2.73. The van der Waals surface area contributed by atoms with Crippen LogP contribution in [0.1, 0.15) is 11.3 Å². The Kier molecular flexibility index (Phi) is 7.07. The molecule has 0 saturated carbocycles. The number of nitrogens with two attached hydrogens (primary N) is 3. The second kappa shape index (κ2) is 9.28. The van der Waals surface area contributed by atoms with Crippen LogP contribution in [0.4, 0.5) is 5.69 Å². The number of halogens is 2. The van der Waals surface area contributed by atoms with Crippen LogP contribution in [0.25, 0.3) is 5.57 Å². The highest BCUT2D eigenvalue weighted by atomic mass is 35.5. The Morgan fingerprint density at radius 1 is 1.22 bits per heavy atom. The van der Waals surface area contributed by atoms with Gasteiger partial charge in [-0.2, -0.15) is 0 Å². The molecule has 2 aromatic rings. The third-order valence-corrected chi connectivity index (χ3v) is 4.23. The minimum Gasteiger partial charge on any atom is -0.404 e. The molecule has 1 aromatic heterocycles. The van der Waals surface area contributed by atoms with E-state index in [1.165, 1.54) is 11.2 Å². The highest BCUT2D eigenvalue weighted by molar-refractivity contribution is 6.31. The predicted octanol–water partition coefficient (Wildman–Crippen LogP) is 4.29. The molecule has 0 unspecified atom stereocenters. The summed E-state index contributed by atoms with van der Waals surface area (Å²) < 4.78 is 0. The Morgan fingerprint density at radius 2 is 1.96 bits per heavy atom. The van der Waals surface area contributed by atoms with Crippen molar-refractivity contribution in [3.63, 3.8) is 0 Å². The molecule has 6 N–H and O–H groups in total. The molecule has 1 heterocycles. The SMILES string of the molecule is C=C(/C=C\C=C(/N)N(N)c1cccc(Cl)c1)/C(=C/N)c1cc(Cl)cnc1C. The molecule has 0 aliphatic heterocycles. The van der Waals surface area contributed by atoms with E-state index < -0.39 is 0 Å². The zero-order valence-corrected chi connectivity index (χ0v) is 16.4. The monoisotopic (exact) mass is 401 g/mol. The fourth-order valence-corrected chi connectivity index (χ4v) is 2.70. The summed E-state index contributed by atoms with van der Waals surface area (Å²) in [4.78, 5) is 4.24. The van der Waals surface area contributed by atoms with Crippen molar-refractivity contribution in [3.05, 3.63) is 100 Å². The van der Waals surface area contributed by atoms with E-state index >= 15 is 0 Å². The highest BCUT2D eigenvalue weighted by Crippen LogP contribution is 2.26. The number of benzene rings is 1. The maximum absolute atomic E-state index is 6.04. The lowest BCUT2D eigenvalue weighted by molar-refractivity contribution is 0.975. The molecular formula is C20H21Cl2N5. The first-order valence-corrected chi connectivity index (χ1v) is 8.77. The smallest absolute Gasteiger partial charge is 0.118 e. The molecule has 1 aromatic carbocycles. The molecule has 0 aliphatic carbocycles. The van der Waals surface area contributed by atoms with Gasteiger partial charge in [0.25, 0.3) is 0 Å². The third kappa shape index (κ3) is 5.37. The summed E-state index contributed by atoms with van der Waals surface area (Å²) in [5, 5.41) is 2.43. The van der Waals surface area contributed by atoms with Gasteiger partial charge < -0.3 is 11.5 Å². The normalized spacial score (nSPS) is 12.4. The molecule has 140 valence electrons. The van der Waals surface area contributed by atoms with E-state index in [4.69, 9.17) is 40.5 Å². The lowest BCUT2D eigenvalue weighted by Gasteiger charge is -2.18. The summed E-state index contributed by atoms with van der Waals surface area (Å²) >= 11 is 12.0. The number of hydrogen-bond donors (Lipinski definition) is 3. The molecular weight excluding hydrogens is 381 g/mol. The zero-order chi connectivity index (χ0) is 20.0. The van der Waals surface area contributed by atoms with Gasteiger partial charge in [0.15, 0.2) is 0 Å². The molecule has 0 fully saturated rings. The van der Waals surface area contributed by atoms with Crippen molar-refractivity contribution >= 4 is 34.5 Å². The van der Waals surface area contributed by atoms with E-state index in [1.54, 1.807) is 54.8 Å². The molecule has 5 nitrogen and oxygen atoms in total. The van der Waals surface area contributed by atoms with Crippen molar-refractivity contribution in [2.75, 3.05) is 5.01 Å². The summed E-state index contributed by atoms with van der Waals surface area (Å²) in [5.41, 5.74) is 15.5. The number of anilines is 1. The number of hydrazine groups is 1. The highest BCUT2D eigenvalue weighted by Gasteiger charge is 2.09. The van der Waals surface area contributed by atoms with Crippen molar-refractivity contribution in [3.8, 4) is 0 Å². The van der Waals surface area contributed by atoms with E-state index in [2.05, 4.69) is 11.6 Å². The zero-order valence-electron chi connectivity index (χ0n) is 14.9. The van der Waals surface area contributed by atoms with Crippen LogP contribution in [0.15, 0.2) is 78.9 Å². The van der Waals surface area contributed by atoms with Crippen LogP contribution in [0, 0.1) is 6.92 Å². The van der Waals surface area contributed by atoms with Gasteiger partial charge in [-0.3, -0.25) is 9.99 Å². The van der Waals surface area contributed by atoms with Gasteiger partial charge in [-0.05, 0) is 42.8 Å². The van der Waals surface area contributed by atoms with Gasteiger partial charge in [0.1, 0.15) is 5.82 Å². The van der Waals surface area contributed by atoms with Crippen molar-refractivity contribution in [1.29, 1.82) is 0 Å². The lowest BCUT2D eigenvalue weighted by Crippen LogP contribution is -2.34. The fourth-order valence-electron chi connectivity index (χ4n) is 2.36. The summed E-state index contributed by atoms with van der Waals surface area (Å²) in [6, 6.07) is 8.87.